The summed E-state index contributed by atoms with van der Waals surface area (Å²) in [6.07, 6.45) is 0. The van der Waals surface area contributed by atoms with E-state index in [1.807, 2.05) is 6.92 Å². The predicted octanol–water partition coefficient (Wildman–Crippen LogP) is 3.94. The van der Waals surface area contributed by atoms with Gasteiger partial charge in [-0.1, -0.05) is 17.4 Å². The number of benzene rings is 1. The van der Waals surface area contributed by atoms with Gasteiger partial charge in [-0.2, -0.15) is 0 Å². The fourth-order valence-electron chi connectivity index (χ4n) is 2.52. The van der Waals surface area contributed by atoms with Crippen molar-refractivity contribution in [3.05, 3.63) is 29.5 Å². The van der Waals surface area contributed by atoms with Gasteiger partial charge in [0.2, 0.25) is 0 Å². The van der Waals surface area contributed by atoms with Gasteiger partial charge < -0.3 is 10.3 Å². The van der Waals surface area contributed by atoms with Crippen LogP contribution in [0.5, 0.6) is 0 Å². The summed E-state index contributed by atoms with van der Waals surface area (Å²) < 4.78 is 2.26. The van der Waals surface area contributed by atoms with E-state index < -0.39 is 0 Å². The highest BCUT2D eigenvalue weighted by molar-refractivity contribution is 7.18. The molecule has 104 valence electrons. The fraction of sp³-hybridized carbons (Fsp3) is 0.333. The second kappa shape index (κ2) is 4.59. The van der Waals surface area contributed by atoms with E-state index in [0.717, 1.165) is 27.4 Å². The number of aromatic nitrogens is 3. The molecule has 0 saturated carbocycles. The molecule has 0 saturated heterocycles. The van der Waals surface area contributed by atoms with Crippen LogP contribution >= 0.6 is 11.3 Å². The first kappa shape index (κ1) is 13.1. The highest BCUT2D eigenvalue weighted by atomic mass is 32.1. The summed E-state index contributed by atoms with van der Waals surface area (Å²) in [7, 11) is 0. The summed E-state index contributed by atoms with van der Waals surface area (Å²) in [6, 6.07) is 6.72. The summed E-state index contributed by atoms with van der Waals surface area (Å²) in [6.45, 7) is 8.41. The largest absolute Gasteiger partial charge is 0.375 e. The molecule has 0 unspecified atom stereocenters. The number of nitrogens with zero attached hydrogens (tertiary/aromatic N) is 3. The Morgan fingerprint density at radius 3 is 2.55 bits per heavy atom. The minimum Gasteiger partial charge on any atom is -0.375 e. The number of nitrogen functional groups attached to an aromatic ring is 1. The first-order chi connectivity index (χ1) is 9.47. The molecule has 20 heavy (non-hydrogen) atoms. The average Bonchev–Trinajstić information content (AvgIpc) is 2.88. The van der Waals surface area contributed by atoms with Gasteiger partial charge in [-0.05, 0) is 45.4 Å². The van der Waals surface area contributed by atoms with Gasteiger partial charge in [0.25, 0.3) is 0 Å². The number of imidazole rings is 1. The van der Waals surface area contributed by atoms with Crippen molar-refractivity contribution >= 4 is 27.5 Å². The van der Waals surface area contributed by atoms with E-state index in [0.29, 0.717) is 11.2 Å². The number of thiazole rings is 1. The molecule has 2 aromatic heterocycles. The lowest BCUT2D eigenvalue weighted by molar-refractivity contribution is 0.625. The first-order valence-corrected chi connectivity index (χ1v) is 7.51. The highest BCUT2D eigenvalue weighted by Crippen LogP contribution is 2.35. The van der Waals surface area contributed by atoms with Gasteiger partial charge >= 0.3 is 0 Å². The first-order valence-electron chi connectivity index (χ1n) is 6.69. The van der Waals surface area contributed by atoms with Crippen LogP contribution in [0.1, 0.15) is 31.1 Å². The molecule has 0 bridgehead atoms. The summed E-state index contributed by atoms with van der Waals surface area (Å²) in [4.78, 5) is 10.2. The lowest BCUT2D eigenvalue weighted by Gasteiger charge is -2.12. The Labute approximate surface area is 122 Å². The van der Waals surface area contributed by atoms with E-state index in [9.17, 15) is 0 Å². The summed E-state index contributed by atoms with van der Waals surface area (Å²) in [5, 5.41) is 0.594. The lowest BCUT2D eigenvalue weighted by atomic mass is 10.2. The number of rotatable bonds is 2. The lowest BCUT2D eigenvalue weighted by Crippen LogP contribution is -2.02. The molecule has 0 aliphatic carbocycles. The van der Waals surface area contributed by atoms with Crippen LogP contribution in [0, 0.1) is 13.8 Å². The Bertz CT molecular complexity index is 783. The Morgan fingerprint density at radius 2 is 1.95 bits per heavy atom. The summed E-state index contributed by atoms with van der Waals surface area (Å²) in [5.74, 6) is 0.965. The van der Waals surface area contributed by atoms with Crippen LogP contribution in [0.3, 0.4) is 0 Å². The van der Waals surface area contributed by atoms with E-state index in [-0.39, 0.29) is 0 Å². The van der Waals surface area contributed by atoms with Crippen molar-refractivity contribution in [2.24, 2.45) is 0 Å². The number of nitrogens with two attached hydrogens (primary N) is 1. The summed E-state index contributed by atoms with van der Waals surface area (Å²) >= 11 is 1.50. The molecule has 0 spiro atoms. The van der Waals surface area contributed by atoms with Crippen molar-refractivity contribution in [3.63, 3.8) is 0 Å². The Balaban J connectivity index is 2.34. The quantitative estimate of drug-likeness (QED) is 0.776. The van der Waals surface area contributed by atoms with Gasteiger partial charge in [0.05, 0.1) is 21.6 Å². The van der Waals surface area contributed by atoms with Crippen molar-refractivity contribution in [3.8, 4) is 10.7 Å². The molecular weight excluding hydrogens is 268 g/mol. The maximum atomic E-state index is 5.83. The third kappa shape index (κ3) is 1.98. The molecule has 0 radical (unpaired) electrons. The SMILES string of the molecule is Cc1ccc2c(c1)nc(-c1sc(N)nc1C)n2C(C)C. The van der Waals surface area contributed by atoms with Crippen LogP contribution in [0.15, 0.2) is 18.2 Å². The number of hydrogen-bond donors (Lipinski definition) is 1. The fourth-order valence-corrected chi connectivity index (χ4v) is 3.34. The third-order valence-corrected chi connectivity index (χ3v) is 4.36. The minimum atomic E-state index is 0.334. The van der Waals surface area contributed by atoms with Gasteiger partial charge in [-0.25, -0.2) is 9.97 Å². The van der Waals surface area contributed by atoms with Gasteiger partial charge in [-0.3, -0.25) is 0 Å². The van der Waals surface area contributed by atoms with Gasteiger partial charge in [0.15, 0.2) is 11.0 Å². The van der Waals surface area contributed by atoms with Crippen LogP contribution in [-0.2, 0) is 0 Å². The minimum absolute atomic E-state index is 0.334. The summed E-state index contributed by atoms with van der Waals surface area (Å²) in [5.41, 5.74) is 10.2. The molecule has 0 amide bonds. The second-order valence-corrected chi connectivity index (χ2v) is 6.39. The van der Waals surface area contributed by atoms with Crippen LogP contribution in [0.2, 0.25) is 0 Å². The smallest absolute Gasteiger partial charge is 0.180 e. The standard InChI is InChI=1S/C15H18N4S/c1-8(2)19-12-6-5-9(3)7-11(12)18-14(19)13-10(4)17-15(16)20-13/h5-8H,1-4H3,(H2,16,17). The molecule has 0 aliphatic rings. The second-order valence-electron chi connectivity index (χ2n) is 5.36. The van der Waals surface area contributed by atoms with Gasteiger partial charge in [-0.15, -0.1) is 0 Å². The number of fused-ring (bicyclic) bond motifs is 1. The van der Waals surface area contributed by atoms with E-state index in [1.165, 1.54) is 16.9 Å². The average molecular weight is 286 g/mol. The Hall–Kier alpha value is -1.88. The topological polar surface area (TPSA) is 56.7 Å². The molecule has 4 nitrogen and oxygen atoms in total. The van der Waals surface area contributed by atoms with E-state index in [2.05, 4.69) is 48.5 Å². The van der Waals surface area contributed by atoms with Crippen LogP contribution in [0.4, 0.5) is 5.13 Å². The van der Waals surface area contributed by atoms with Gasteiger partial charge in [0, 0.05) is 6.04 Å². The zero-order valence-electron chi connectivity index (χ0n) is 12.1. The van der Waals surface area contributed by atoms with Crippen molar-refractivity contribution in [2.75, 3.05) is 5.73 Å². The molecule has 0 fully saturated rings. The van der Waals surface area contributed by atoms with Gasteiger partial charge in [0.1, 0.15) is 0 Å². The van der Waals surface area contributed by atoms with Crippen molar-refractivity contribution in [1.82, 2.24) is 14.5 Å². The Morgan fingerprint density at radius 1 is 1.20 bits per heavy atom. The maximum Gasteiger partial charge on any atom is 0.180 e. The van der Waals surface area contributed by atoms with Crippen LogP contribution < -0.4 is 5.73 Å². The monoisotopic (exact) mass is 286 g/mol. The molecule has 0 atom stereocenters. The maximum absolute atomic E-state index is 5.83. The normalized spacial score (nSPS) is 11.7. The molecule has 3 aromatic rings. The third-order valence-electron chi connectivity index (χ3n) is 3.38. The molecule has 1 aromatic carbocycles. The van der Waals surface area contributed by atoms with Crippen LogP contribution in [0.25, 0.3) is 21.7 Å². The zero-order chi connectivity index (χ0) is 14.4. The number of aryl methyl sites for hydroxylation is 2. The molecule has 3 rings (SSSR count). The van der Waals surface area contributed by atoms with Crippen molar-refractivity contribution < 1.29 is 0 Å². The highest BCUT2D eigenvalue weighted by Gasteiger charge is 2.19. The van der Waals surface area contributed by atoms with Crippen molar-refractivity contribution in [1.29, 1.82) is 0 Å². The number of anilines is 1. The molecule has 5 heteroatoms. The molecule has 0 aliphatic heterocycles. The Kier molecular flexibility index (Phi) is 3.01. The number of hydrogen-bond acceptors (Lipinski definition) is 4. The molecule has 2 N–H and O–H groups in total. The molecular formula is C15H18N4S. The van der Waals surface area contributed by atoms with E-state index in [1.54, 1.807) is 0 Å². The molecule has 2 heterocycles. The van der Waals surface area contributed by atoms with E-state index in [4.69, 9.17) is 10.7 Å². The predicted molar refractivity (Wildman–Crippen MR) is 85.1 cm³/mol. The van der Waals surface area contributed by atoms with Crippen molar-refractivity contribution in [2.45, 2.75) is 33.7 Å². The van der Waals surface area contributed by atoms with E-state index >= 15 is 0 Å². The zero-order valence-corrected chi connectivity index (χ0v) is 13.0. The van der Waals surface area contributed by atoms with Crippen LogP contribution in [-0.4, -0.2) is 14.5 Å².